The number of rotatable bonds is 6. The molecule has 0 atom stereocenters. The molecule has 0 saturated carbocycles. The second-order valence-electron chi connectivity index (χ2n) is 5.00. The number of carbonyl (C=O) groups excluding carboxylic acids is 1. The molecule has 0 spiro atoms. The van der Waals surface area contributed by atoms with Crippen molar-refractivity contribution in [1.82, 2.24) is 4.90 Å². The van der Waals surface area contributed by atoms with E-state index in [0.29, 0.717) is 28.6 Å². The van der Waals surface area contributed by atoms with E-state index in [9.17, 15) is 4.79 Å². The molecule has 0 bridgehead atoms. The maximum atomic E-state index is 12.2. The van der Waals surface area contributed by atoms with Crippen molar-refractivity contribution in [3.63, 3.8) is 0 Å². The monoisotopic (exact) mass is 321 g/mol. The molecule has 0 aliphatic carbocycles. The summed E-state index contributed by atoms with van der Waals surface area (Å²) in [7, 11) is 2.00. The normalized spacial score (nSPS) is 10.9. The fraction of sp³-hybridized carbons (Fsp3) is 0.235. The highest BCUT2D eigenvalue weighted by Crippen LogP contribution is 2.26. The van der Waals surface area contributed by atoms with Crippen LogP contribution in [0.25, 0.3) is 0 Å². The van der Waals surface area contributed by atoms with Gasteiger partial charge < -0.3 is 4.90 Å². The summed E-state index contributed by atoms with van der Waals surface area (Å²) in [6.07, 6.45) is 0.420. The van der Waals surface area contributed by atoms with Crippen LogP contribution in [0.3, 0.4) is 0 Å². The topological polar surface area (TPSA) is 20.3 Å². The van der Waals surface area contributed by atoms with Gasteiger partial charge >= 0.3 is 0 Å². The van der Waals surface area contributed by atoms with Crippen LogP contribution in [0, 0.1) is 0 Å². The number of Topliss-reactive ketones (excluding diaryl/α,β-unsaturated/α-hetero) is 1. The Labute approximate surface area is 135 Å². The first-order valence-corrected chi connectivity index (χ1v) is 7.53. The van der Waals surface area contributed by atoms with Crippen molar-refractivity contribution in [1.29, 1.82) is 0 Å². The minimum absolute atomic E-state index is 0.0161. The molecule has 0 aliphatic heterocycles. The van der Waals surface area contributed by atoms with Crippen molar-refractivity contribution in [2.75, 3.05) is 13.6 Å². The van der Waals surface area contributed by atoms with Crippen molar-refractivity contribution in [2.24, 2.45) is 0 Å². The van der Waals surface area contributed by atoms with Crippen molar-refractivity contribution < 1.29 is 4.79 Å². The summed E-state index contributed by atoms with van der Waals surface area (Å²) in [5.41, 5.74) is 1.73. The number of carbonyl (C=O) groups is 1. The standard InChI is InChI=1S/C17H17Cl2NO/c1-20(12-13-6-3-2-4-7-13)11-10-16(21)14-8-5-9-15(18)17(14)19/h2-9H,10-12H2,1H3. The molecule has 110 valence electrons. The van der Waals surface area contributed by atoms with Crippen LogP contribution in [0.2, 0.25) is 10.0 Å². The van der Waals surface area contributed by atoms with Gasteiger partial charge in [-0.1, -0.05) is 59.6 Å². The fourth-order valence-electron chi connectivity index (χ4n) is 2.12. The van der Waals surface area contributed by atoms with Gasteiger partial charge in [0.1, 0.15) is 0 Å². The van der Waals surface area contributed by atoms with E-state index in [1.807, 2.05) is 25.2 Å². The Bertz CT molecular complexity index is 613. The average molecular weight is 322 g/mol. The maximum Gasteiger partial charge on any atom is 0.165 e. The molecule has 0 fully saturated rings. The molecule has 0 aromatic heterocycles. The largest absolute Gasteiger partial charge is 0.302 e. The highest BCUT2D eigenvalue weighted by Gasteiger charge is 2.13. The number of halogens is 2. The van der Waals surface area contributed by atoms with Crippen LogP contribution in [0.1, 0.15) is 22.3 Å². The van der Waals surface area contributed by atoms with Crippen LogP contribution in [-0.4, -0.2) is 24.3 Å². The lowest BCUT2D eigenvalue weighted by Gasteiger charge is -2.16. The van der Waals surface area contributed by atoms with E-state index in [0.717, 1.165) is 6.54 Å². The van der Waals surface area contributed by atoms with E-state index < -0.39 is 0 Å². The van der Waals surface area contributed by atoms with Crippen LogP contribution in [0.15, 0.2) is 48.5 Å². The molecule has 0 radical (unpaired) electrons. The zero-order valence-electron chi connectivity index (χ0n) is 11.9. The van der Waals surface area contributed by atoms with E-state index in [-0.39, 0.29) is 5.78 Å². The molecule has 0 N–H and O–H groups in total. The van der Waals surface area contributed by atoms with Crippen molar-refractivity contribution in [2.45, 2.75) is 13.0 Å². The lowest BCUT2D eigenvalue weighted by atomic mass is 10.1. The molecule has 0 aliphatic rings. The first-order valence-electron chi connectivity index (χ1n) is 6.77. The van der Waals surface area contributed by atoms with Gasteiger partial charge in [-0.05, 0) is 24.7 Å². The first kappa shape index (κ1) is 16.0. The zero-order chi connectivity index (χ0) is 15.2. The average Bonchev–Trinajstić information content (AvgIpc) is 2.48. The van der Waals surface area contributed by atoms with Crippen LogP contribution in [-0.2, 0) is 6.54 Å². The molecule has 0 heterocycles. The van der Waals surface area contributed by atoms with Gasteiger partial charge in [-0.15, -0.1) is 0 Å². The van der Waals surface area contributed by atoms with Gasteiger partial charge in [0.15, 0.2) is 5.78 Å². The number of nitrogens with zero attached hydrogens (tertiary/aromatic N) is 1. The summed E-state index contributed by atoms with van der Waals surface area (Å²) < 4.78 is 0. The van der Waals surface area contributed by atoms with Gasteiger partial charge in [0.2, 0.25) is 0 Å². The first-order chi connectivity index (χ1) is 10.1. The molecule has 4 heteroatoms. The Morgan fingerprint density at radius 2 is 1.76 bits per heavy atom. The summed E-state index contributed by atoms with van der Waals surface area (Å²) >= 11 is 12.0. The summed E-state index contributed by atoms with van der Waals surface area (Å²) in [5.74, 6) is 0.0161. The van der Waals surface area contributed by atoms with Crippen molar-refractivity contribution in [3.8, 4) is 0 Å². The van der Waals surface area contributed by atoms with Gasteiger partial charge in [0.25, 0.3) is 0 Å². The zero-order valence-corrected chi connectivity index (χ0v) is 13.4. The summed E-state index contributed by atoms with van der Waals surface area (Å²) in [5, 5.41) is 0.759. The molecule has 2 aromatic rings. The van der Waals surface area contributed by atoms with E-state index in [1.54, 1.807) is 18.2 Å². The molecule has 2 nitrogen and oxygen atoms in total. The maximum absolute atomic E-state index is 12.2. The minimum Gasteiger partial charge on any atom is -0.302 e. The van der Waals surface area contributed by atoms with Crippen LogP contribution in [0.5, 0.6) is 0 Å². The fourth-order valence-corrected chi connectivity index (χ4v) is 2.53. The Kier molecular flexibility index (Phi) is 5.80. The van der Waals surface area contributed by atoms with Gasteiger partial charge in [0.05, 0.1) is 10.0 Å². The van der Waals surface area contributed by atoms with E-state index in [1.165, 1.54) is 5.56 Å². The number of ketones is 1. The highest BCUT2D eigenvalue weighted by molar-refractivity contribution is 6.43. The molecular formula is C17H17Cl2NO. The van der Waals surface area contributed by atoms with E-state index >= 15 is 0 Å². The third kappa shape index (κ3) is 4.57. The molecule has 2 aromatic carbocycles. The third-order valence-electron chi connectivity index (χ3n) is 3.27. The second-order valence-corrected chi connectivity index (χ2v) is 5.78. The lowest BCUT2D eigenvalue weighted by molar-refractivity contribution is 0.0968. The molecule has 2 rings (SSSR count). The van der Waals surface area contributed by atoms with Crippen LogP contribution in [0.4, 0.5) is 0 Å². The van der Waals surface area contributed by atoms with E-state index in [4.69, 9.17) is 23.2 Å². The second kappa shape index (κ2) is 7.60. The van der Waals surface area contributed by atoms with Crippen LogP contribution < -0.4 is 0 Å². The van der Waals surface area contributed by atoms with Gasteiger partial charge in [-0.3, -0.25) is 4.79 Å². The SMILES string of the molecule is CN(CCC(=O)c1cccc(Cl)c1Cl)Cc1ccccc1. The van der Waals surface area contributed by atoms with E-state index in [2.05, 4.69) is 17.0 Å². The third-order valence-corrected chi connectivity index (χ3v) is 4.09. The molecule has 0 amide bonds. The Hall–Kier alpha value is -1.35. The Morgan fingerprint density at radius 3 is 2.48 bits per heavy atom. The predicted octanol–water partition coefficient (Wildman–Crippen LogP) is 4.70. The smallest absolute Gasteiger partial charge is 0.165 e. The van der Waals surface area contributed by atoms with Crippen molar-refractivity contribution >= 4 is 29.0 Å². The number of hydrogen-bond acceptors (Lipinski definition) is 2. The molecule has 0 saturated heterocycles. The van der Waals surface area contributed by atoms with Gasteiger partial charge in [-0.2, -0.15) is 0 Å². The molecular weight excluding hydrogens is 305 g/mol. The molecule has 21 heavy (non-hydrogen) atoms. The number of hydrogen-bond donors (Lipinski definition) is 0. The summed E-state index contributed by atoms with van der Waals surface area (Å²) in [6, 6.07) is 15.3. The highest BCUT2D eigenvalue weighted by atomic mass is 35.5. The summed E-state index contributed by atoms with van der Waals surface area (Å²) in [6.45, 7) is 1.49. The predicted molar refractivity (Wildman–Crippen MR) is 88.2 cm³/mol. The minimum atomic E-state index is 0.0161. The van der Waals surface area contributed by atoms with Gasteiger partial charge in [0, 0.05) is 25.1 Å². The lowest BCUT2D eigenvalue weighted by Crippen LogP contribution is -2.21. The summed E-state index contributed by atoms with van der Waals surface area (Å²) in [4.78, 5) is 14.3. The van der Waals surface area contributed by atoms with Gasteiger partial charge in [-0.25, -0.2) is 0 Å². The van der Waals surface area contributed by atoms with Crippen LogP contribution >= 0.6 is 23.2 Å². The van der Waals surface area contributed by atoms with Crippen molar-refractivity contribution in [3.05, 3.63) is 69.7 Å². The Balaban J connectivity index is 1.90. The molecule has 0 unspecified atom stereocenters. The quantitative estimate of drug-likeness (QED) is 0.719. The Morgan fingerprint density at radius 1 is 1.05 bits per heavy atom. The number of benzene rings is 2.